The number of halogens is 1. The number of nitrogens with one attached hydrogen (secondary N) is 1. The number of ketones is 1. The number of anilines is 2. The molecular weight excluding hydrogens is 366 g/mol. The van der Waals surface area contributed by atoms with Crippen LogP contribution in [0.4, 0.5) is 11.9 Å². The average Bonchev–Trinajstić information content (AvgIpc) is 3.28. The predicted octanol–water partition coefficient (Wildman–Crippen LogP) is 3.52. The summed E-state index contributed by atoms with van der Waals surface area (Å²) in [4.78, 5) is 17.4. The lowest BCUT2D eigenvalue weighted by molar-refractivity contribution is -0.117. The number of Topliss-reactive ketones (excluding diaryl/α,β-unsaturated/α-hetero) is 1. The maximum atomic E-state index is 13.2. The molecule has 2 atom stereocenters. The van der Waals surface area contributed by atoms with Gasteiger partial charge < -0.3 is 15.5 Å². The molecule has 0 spiro atoms. The summed E-state index contributed by atoms with van der Waals surface area (Å²) in [5, 5.41) is 8.15. The number of allylic oxidation sites excluding steroid dienone is 2. The summed E-state index contributed by atoms with van der Waals surface area (Å²) in [5.74, 6) is 1.52. The van der Waals surface area contributed by atoms with Gasteiger partial charge in [0.25, 0.3) is 0 Å². The van der Waals surface area contributed by atoms with E-state index in [4.69, 9.17) is 21.8 Å². The first-order valence-corrected chi connectivity index (χ1v) is 9.02. The Kier molecular flexibility index (Phi) is 3.58. The van der Waals surface area contributed by atoms with Crippen LogP contribution in [0, 0.1) is 0 Å². The fourth-order valence-corrected chi connectivity index (χ4v) is 4.14. The topological polar surface area (TPSA) is 99.0 Å². The molecule has 0 radical (unpaired) electrons. The van der Waals surface area contributed by atoms with Crippen molar-refractivity contribution in [3.05, 3.63) is 70.3 Å². The highest BCUT2D eigenvalue weighted by molar-refractivity contribution is 6.30. The first kappa shape index (κ1) is 16.1. The highest BCUT2D eigenvalue weighted by Gasteiger charge is 2.40. The lowest BCUT2D eigenvalue weighted by Gasteiger charge is -2.34. The SMILES string of the molecule is Nc1nc2n(n1)C(c1cccc(Cl)c1)C1=C(CC(c3ccco3)CC1=O)N2. The van der Waals surface area contributed by atoms with Gasteiger partial charge in [-0.2, -0.15) is 4.98 Å². The summed E-state index contributed by atoms with van der Waals surface area (Å²) in [6.07, 6.45) is 2.66. The Bertz CT molecular complexity index is 1070. The van der Waals surface area contributed by atoms with Gasteiger partial charge >= 0.3 is 0 Å². The van der Waals surface area contributed by atoms with Crippen LogP contribution < -0.4 is 11.1 Å². The molecule has 2 unspecified atom stereocenters. The van der Waals surface area contributed by atoms with Crippen LogP contribution in [-0.4, -0.2) is 20.5 Å². The molecule has 1 aliphatic heterocycles. The van der Waals surface area contributed by atoms with Crippen molar-refractivity contribution in [2.75, 3.05) is 11.1 Å². The quantitative estimate of drug-likeness (QED) is 0.704. The molecule has 2 aliphatic rings. The molecule has 5 rings (SSSR count). The normalized spacial score (nSPS) is 21.6. The summed E-state index contributed by atoms with van der Waals surface area (Å²) < 4.78 is 7.19. The van der Waals surface area contributed by atoms with Crippen molar-refractivity contribution in [2.24, 2.45) is 0 Å². The Balaban J connectivity index is 1.65. The van der Waals surface area contributed by atoms with Crippen molar-refractivity contribution in [3.63, 3.8) is 0 Å². The van der Waals surface area contributed by atoms with Crippen molar-refractivity contribution in [3.8, 4) is 0 Å². The summed E-state index contributed by atoms with van der Waals surface area (Å²) in [6.45, 7) is 0. The molecule has 1 aliphatic carbocycles. The molecule has 0 amide bonds. The fraction of sp³-hybridized carbons (Fsp3) is 0.211. The molecule has 27 heavy (non-hydrogen) atoms. The van der Waals surface area contributed by atoms with Gasteiger partial charge in [0, 0.05) is 28.6 Å². The number of nitrogen functional groups attached to an aromatic ring is 1. The summed E-state index contributed by atoms with van der Waals surface area (Å²) in [7, 11) is 0. The maximum Gasteiger partial charge on any atom is 0.241 e. The molecule has 0 bridgehead atoms. The number of carbonyl (C=O) groups excluding carboxylic acids is 1. The smallest absolute Gasteiger partial charge is 0.241 e. The Morgan fingerprint density at radius 1 is 1.26 bits per heavy atom. The largest absolute Gasteiger partial charge is 0.469 e. The minimum absolute atomic E-state index is 0.00872. The van der Waals surface area contributed by atoms with Gasteiger partial charge in [-0.1, -0.05) is 23.7 Å². The molecular formula is C19H16ClN5O2. The standard InChI is InChI=1S/C19H16ClN5O2/c20-12-4-1-3-10(7-12)17-16-13(22-19-23-18(21)24-25(17)19)8-11(9-14(16)26)15-5-2-6-27-15/h1-7,11,17H,8-9H2,(H3,21,22,23,24). The number of furan rings is 1. The second kappa shape index (κ2) is 5.99. The summed E-state index contributed by atoms with van der Waals surface area (Å²) >= 11 is 6.20. The second-order valence-electron chi connectivity index (χ2n) is 6.76. The van der Waals surface area contributed by atoms with E-state index in [-0.39, 0.29) is 17.6 Å². The molecule has 0 fully saturated rings. The monoisotopic (exact) mass is 381 g/mol. The third-order valence-electron chi connectivity index (χ3n) is 5.05. The van der Waals surface area contributed by atoms with Crippen molar-refractivity contribution < 1.29 is 9.21 Å². The third-order valence-corrected chi connectivity index (χ3v) is 5.28. The number of carbonyl (C=O) groups is 1. The van der Waals surface area contributed by atoms with E-state index in [9.17, 15) is 4.79 Å². The van der Waals surface area contributed by atoms with Crippen LogP contribution in [0.5, 0.6) is 0 Å². The van der Waals surface area contributed by atoms with Gasteiger partial charge in [0.05, 0.1) is 6.26 Å². The number of hydrogen-bond acceptors (Lipinski definition) is 6. The Labute approximate surface area is 159 Å². The van der Waals surface area contributed by atoms with E-state index in [1.54, 1.807) is 17.0 Å². The minimum Gasteiger partial charge on any atom is -0.469 e. The van der Waals surface area contributed by atoms with E-state index in [0.717, 1.165) is 17.0 Å². The second-order valence-corrected chi connectivity index (χ2v) is 7.19. The summed E-state index contributed by atoms with van der Waals surface area (Å²) in [6, 6.07) is 10.8. The van der Waals surface area contributed by atoms with Gasteiger partial charge in [0.1, 0.15) is 11.8 Å². The van der Waals surface area contributed by atoms with E-state index >= 15 is 0 Å². The fourth-order valence-electron chi connectivity index (χ4n) is 3.94. The van der Waals surface area contributed by atoms with Crippen LogP contribution in [0.2, 0.25) is 5.02 Å². The lowest BCUT2D eigenvalue weighted by Crippen LogP contribution is -2.33. The molecule has 7 nitrogen and oxygen atoms in total. The van der Waals surface area contributed by atoms with Crippen LogP contribution in [0.3, 0.4) is 0 Å². The Morgan fingerprint density at radius 3 is 2.93 bits per heavy atom. The zero-order valence-corrected chi connectivity index (χ0v) is 15.0. The molecule has 3 heterocycles. The zero-order valence-electron chi connectivity index (χ0n) is 14.2. The molecule has 8 heteroatoms. The molecule has 0 saturated heterocycles. The van der Waals surface area contributed by atoms with Gasteiger partial charge in [-0.3, -0.25) is 4.79 Å². The molecule has 1 aromatic carbocycles. The van der Waals surface area contributed by atoms with Crippen molar-refractivity contribution >= 4 is 29.3 Å². The Morgan fingerprint density at radius 2 is 2.15 bits per heavy atom. The number of aromatic nitrogens is 3. The van der Waals surface area contributed by atoms with Crippen molar-refractivity contribution in [2.45, 2.75) is 24.8 Å². The average molecular weight is 382 g/mol. The number of benzene rings is 1. The van der Waals surface area contributed by atoms with E-state index in [0.29, 0.717) is 29.4 Å². The Hall–Kier alpha value is -3.06. The van der Waals surface area contributed by atoms with Gasteiger partial charge in [-0.15, -0.1) is 5.10 Å². The van der Waals surface area contributed by atoms with Crippen LogP contribution in [0.25, 0.3) is 0 Å². The molecule has 3 aromatic rings. The highest BCUT2D eigenvalue weighted by Crippen LogP contribution is 2.44. The van der Waals surface area contributed by atoms with Crippen molar-refractivity contribution in [1.82, 2.24) is 14.8 Å². The summed E-state index contributed by atoms with van der Waals surface area (Å²) in [5.41, 5.74) is 8.21. The van der Waals surface area contributed by atoms with Crippen LogP contribution >= 0.6 is 11.6 Å². The number of rotatable bonds is 2. The number of fused-ring (bicyclic) bond motifs is 1. The number of nitrogens with zero attached hydrogens (tertiary/aromatic N) is 3. The molecule has 3 N–H and O–H groups in total. The van der Waals surface area contributed by atoms with Crippen LogP contribution in [0.15, 0.2) is 58.3 Å². The van der Waals surface area contributed by atoms with Gasteiger partial charge in [0.15, 0.2) is 5.78 Å². The van der Waals surface area contributed by atoms with Gasteiger partial charge in [-0.25, -0.2) is 4.68 Å². The van der Waals surface area contributed by atoms with E-state index in [1.807, 2.05) is 30.3 Å². The van der Waals surface area contributed by atoms with Gasteiger partial charge in [0.2, 0.25) is 11.9 Å². The number of hydrogen-bond donors (Lipinski definition) is 2. The number of nitrogens with two attached hydrogens (primary N) is 1. The minimum atomic E-state index is -0.412. The molecule has 136 valence electrons. The van der Waals surface area contributed by atoms with E-state index < -0.39 is 6.04 Å². The van der Waals surface area contributed by atoms with Gasteiger partial charge in [-0.05, 0) is 36.2 Å². The highest BCUT2D eigenvalue weighted by atomic mass is 35.5. The predicted molar refractivity (Wildman–Crippen MR) is 100 cm³/mol. The van der Waals surface area contributed by atoms with Crippen LogP contribution in [0.1, 0.15) is 36.1 Å². The third kappa shape index (κ3) is 2.62. The first-order chi connectivity index (χ1) is 13.1. The maximum absolute atomic E-state index is 13.2. The lowest BCUT2D eigenvalue weighted by atomic mass is 9.79. The molecule has 2 aromatic heterocycles. The van der Waals surface area contributed by atoms with Crippen LogP contribution in [-0.2, 0) is 4.79 Å². The first-order valence-electron chi connectivity index (χ1n) is 8.64. The zero-order chi connectivity index (χ0) is 18.5. The van der Waals surface area contributed by atoms with Crippen molar-refractivity contribution in [1.29, 1.82) is 0 Å². The molecule has 0 saturated carbocycles. The van der Waals surface area contributed by atoms with E-state index in [1.165, 1.54) is 0 Å². The van der Waals surface area contributed by atoms with E-state index in [2.05, 4.69) is 15.4 Å².